The van der Waals surface area contributed by atoms with Crippen LogP contribution in [0.5, 0.6) is 0 Å². The Labute approximate surface area is 308 Å². The normalized spacial score (nSPS) is 11.2. The summed E-state index contributed by atoms with van der Waals surface area (Å²) < 4.78 is 0. The van der Waals surface area contributed by atoms with Crippen LogP contribution < -0.4 is 65.8 Å². The third-order valence-electron chi connectivity index (χ3n) is 9.12. The molecule has 4 heteroatoms. The first-order valence-electron chi connectivity index (χ1n) is 16.0. The van der Waals surface area contributed by atoms with Crippen LogP contribution in [-0.2, 0) is 12.3 Å². The van der Waals surface area contributed by atoms with Crippen molar-refractivity contribution in [2.24, 2.45) is 0 Å². The molecule has 238 valence electrons. The highest BCUT2D eigenvalue weighted by atomic mass is 79.9. The summed E-state index contributed by atoms with van der Waals surface area (Å²) in [7, 11) is -4.14. The Morgan fingerprint density at radius 3 is 0.583 bits per heavy atom. The van der Waals surface area contributed by atoms with Gasteiger partial charge in [0, 0.05) is 0 Å². The second-order valence-electron chi connectivity index (χ2n) is 11.7. The lowest BCUT2D eigenvalue weighted by Crippen LogP contribution is -3.00. The van der Waals surface area contributed by atoms with Crippen molar-refractivity contribution in [1.29, 1.82) is 0 Å². The summed E-state index contributed by atoms with van der Waals surface area (Å²) in [6.45, 7) is 0. The number of rotatable bonds is 10. The van der Waals surface area contributed by atoms with E-state index in [1.807, 2.05) is 0 Å². The van der Waals surface area contributed by atoms with Gasteiger partial charge in [0.25, 0.3) is 0 Å². The molecular weight excluding hydrogens is 750 g/mol. The monoisotopic (exact) mass is 786 g/mol. The van der Waals surface area contributed by atoms with Crippen LogP contribution in [0.1, 0.15) is 11.1 Å². The first-order valence-corrected chi connectivity index (χ1v) is 19.9. The second kappa shape index (κ2) is 16.6. The van der Waals surface area contributed by atoms with E-state index in [1.54, 1.807) is 0 Å². The Morgan fingerprint density at radius 1 is 0.229 bits per heavy atom. The lowest BCUT2D eigenvalue weighted by molar-refractivity contribution is -0.001000. The molecule has 0 nitrogen and oxygen atoms in total. The summed E-state index contributed by atoms with van der Waals surface area (Å²) in [6, 6.07) is 76.8. The fourth-order valence-electron chi connectivity index (χ4n) is 6.91. The highest BCUT2D eigenvalue weighted by Crippen LogP contribution is 2.61. The molecule has 0 spiro atoms. The van der Waals surface area contributed by atoms with Gasteiger partial charge in [-0.05, 0) is 83.9 Å². The van der Waals surface area contributed by atoms with Crippen molar-refractivity contribution in [3.63, 3.8) is 0 Å². The number of benzene rings is 7. The van der Waals surface area contributed by atoms with E-state index in [0.717, 1.165) is 12.3 Å². The van der Waals surface area contributed by atoms with E-state index in [0.29, 0.717) is 0 Å². The van der Waals surface area contributed by atoms with Crippen molar-refractivity contribution in [1.82, 2.24) is 0 Å². The summed E-state index contributed by atoms with van der Waals surface area (Å²) in [4.78, 5) is 0. The molecule has 0 aliphatic carbocycles. The Morgan fingerprint density at radius 2 is 0.396 bits per heavy atom. The van der Waals surface area contributed by atoms with E-state index in [1.165, 1.54) is 43.0 Å². The zero-order chi connectivity index (χ0) is 31.1. The first-order chi connectivity index (χ1) is 22.8. The molecule has 0 saturated heterocycles. The molecule has 0 unspecified atom stereocenters. The quantitative estimate of drug-likeness (QED) is 0.187. The maximum absolute atomic E-state index is 2.40. The molecule has 0 saturated carbocycles. The minimum Gasteiger partial charge on any atom is -1.00 e. The summed E-state index contributed by atoms with van der Waals surface area (Å²) in [5.74, 6) is 0. The Balaban J connectivity index is 0.00000225. The highest BCUT2D eigenvalue weighted by molar-refractivity contribution is 7.95. The van der Waals surface area contributed by atoms with Gasteiger partial charge in [0.05, 0.1) is 12.3 Å². The molecule has 7 rings (SSSR count). The molecular formula is C44H38Br2P2. The standard InChI is InChI=1S/C44H38P2.2BrH/c1-7-23-39(24-8-1)45(40-25-9-2-10-26-40,41-27-11-3-12-28-41)35-37-21-19-20-22-38(37)36-46(42-29-13-4-14-30-42,43-31-15-5-16-32-43)44-33-17-6-18-34-44;;/h1-34H,35-36H2;2*1H/q+2;;/p-2. The molecule has 0 aromatic heterocycles. The minimum absolute atomic E-state index is 0. The topological polar surface area (TPSA) is 0 Å². The number of hydrogen-bond acceptors (Lipinski definition) is 0. The molecule has 0 fully saturated rings. The van der Waals surface area contributed by atoms with Crippen LogP contribution >= 0.6 is 14.5 Å². The molecule has 0 amide bonds. The lowest BCUT2D eigenvalue weighted by atomic mass is 10.1. The molecule has 7 aromatic carbocycles. The molecule has 48 heavy (non-hydrogen) atoms. The van der Waals surface area contributed by atoms with Crippen molar-refractivity contribution in [2.45, 2.75) is 12.3 Å². The van der Waals surface area contributed by atoms with Gasteiger partial charge in [0.2, 0.25) is 0 Å². The summed E-state index contributed by atoms with van der Waals surface area (Å²) in [5.41, 5.74) is 2.86. The smallest absolute Gasteiger partial charge is 0.116 e. The molecule has 0 N–H and O–H groups in total. The van der Waals surface area contributed by atoms with Gasteiger partial charge >= 0.3 is 0 Å². The van der Waals surface area contributed by atoms with Gasteiger partial charge in [0.15, 0.2) is 0 Å². The maximum atomic E-state index is 2.40. The summed E-state index contributed by atoms with van der Waals surface area (Å²) in [6.07, 6.45) is 1.92. The summed E-state index contributed by atoms with van der Waals surface area (Å²) in [5, 5.41) is 8.49. The molecule has 0 radical (unpaired) electrons. The lowest BCUT2D eigenvalue weighted by Gasteiger charge is -2.31. The van der Waals surface area contributed by atoms with Gasteiger partial charge in [-0.25, -0.2) is 0 Å². The van der Waals surface area contributed by atoms with Crippen LogP contribution in [0.25, 0.3) is 0 Å². The van der Waals surface area contributed by atoms with Crippen LogP contribution in [0, 0.1) is 0 Å². The van der Waals surface area contributed by atoms with Gasteiger partial charge in [-0.15, -0.1) is 0 Å². The van der Waals surface area contributed by atoms with Crippen LogP contribution in [0.4, 0.5) is 0 Å². The van der Waals surface area contributed by atoms with Crippen LogP contribution in [0.2, 0.25) is 0 Å². The predicted molar refractivity (Wildman–Crippen MR) is 204 cm³/mol. The van der Waals surface area contributed by atoms with Crippen molar-refractivity contribution in [3.8, 4) is 0 Å². The largest absolute Gasteiger partial charge is 1.00 e. The molecule has 0 bridgehead atoms. The molecule has 0 aliphatic rings. The maximum Gasteiger partial charge on any atom is 0.116 e. The van der Waals surface area contributed by atoms with Crippen LogP contribution in [0.15, 0.2) is 206 Å². The first kappa shape index (κ1) is 35.7. The van der Waals surface area contributed by atoms with Crippen LogP contribution in [-0.4, -0.2) is 0 Å². The van der Waals surface area contributed by atoms with Crippen LogP contribution in [0.3, 0.4) is 0 Å². The zero-order valence-electron chi connectivity index (χ0n) is 26.7. The predicted octanol–water partition coefficient (Wildman–Crippen LogP) is 2.68. The highest BCUT2D eigenvalue weighted by Gasteiger charge is 2.48. The van der Waals surface area contributed by atoms with Crippen molar-refractivity contribution in [2.75, 3.05) is 0 Å². The molecule has 0 heterocycles. The van der Waals surface area contributed by atoms with E-state index >= 15 is 0 Å². The molecule has 0 aliphatic heterocycles. The van der Waals surface area contributed by atoms with E-state index < -0.39 is 14.5 Å². The van der Waals surface area contributed by atoms with E-state index in [9.17, 15) is 0 Å². The summed E-state index contributed by atoms with van der Waals surface area (Å²) >= 11 is 0. The average Bonchev–Trinajstić information content (AvgIpc) is 3.15. The van der Waals surface area contributed by atoms with Gasteiger partial charge < -0.3 is 34.0 Å². The van der Waals surface area contributed by atoms with Gasteiger partial charge in [0.1, 0.15) is 46.4 Å². The van der Waals surface area contributed by atoms with E-state index in [-0.39, 0.29) is 34.0 Å². The average molecular weight is 789 g/mol. The fraction of sp³-hybridized carbons (Fsp3) is 0.0455. The minimum atomic E-state index is -2.07. The zero-order valence-corrected chi connectivity index (χ0v) is 31.7. The van der Waals surface area contributed by atoms with Crippen molar-refractivity contribution < 1.29 is 34.0 Å². The number of halogens is 2. The Kier molecular flexibility index (Phi) is 12.4. The molecule has 0 atom stereocenters. The molecule has 7 aromatic rings. The SMILES string of the molecule is [Br-].[Br-].c1ccc([P+](Cc2ccccc2C[P+](c2ccccc2)(c2ccccc2)c2ccccc2)(c2ccccc2)c2ccccc2)cc1. The third kappa shape index (κ3) is 7.05. The van der Waals surface area contributed by atoms with Crippen molar-refractivity contribution >= 4 is 46.4 Å². The van der Waals surface area contributed by atoms with Crippen molar-refractivity contribution in [3.05, 3.63) is 217 Å². The van der Waals surface area contributed by atoms with E-state index in [4.69, 9.17) is 0 Å². The Hall–Kier alpha value is -3.64. The van der Waals surface area contributed by atoms with Gasteiger partial charge in [-0.2, -0.15) is 0 Å². The van der Waals surface area contributed by atoms with Gasteiger partial charge in [-0.3, -0.25) is 0 Å². The van der Waals surface area contributed by atoms with Gasteiger partial charge in [-0.1, -0.05) is 133 Å². The fourth-order valence-corrected chi connectivity index (χ4v) is 15.5. The second-order valence-corrected chi connectivity index (χ2v) is 18.7. The number of hydrogen-bond donors (Lipinski definition) is 0. The van der Waals surface area contributed by atoms with E-state index in [2.05, 4.69) is 206 Å². The Bertz CT molecular complexity index is 1630. The third-order valence-corrected chi connectivity index (χ3v) is 17.8.